The van der Waals surface area contributed by atoms with Crippen molar-refractivity contribution in [3.63, 3.8) is 0 Å². The molecule has 0 spiro atoms. The Kier molecular flexibility index (Phi) is 3.36. The zero-order chi connectivity index (χ0) is 11.7. The molecule has 2 nitrogen and oxygen atoms in total. The number of nitrogens with two attached hydrogens (primary N) is 1. The van der Waals surface area contributed by atoms with Crippen molar-refractivity contribution in [1.82, 2.24) is 4.57 Å². The molecule has 1 aromatic heterocycles. The van der Waals surface area contributed by atoms with E-state index in [1.165, 1.54) is 22.2 Å². The highest BCUT2D eigenvalue weighted by Gasteiger charge is 2.10. The van der Waals surface area contributed by atoms with E-state index < -0.39 is 0 Å². The first-order valence-corrected chi connectivity index (χ1v) is 6.38. The summed E-state index contributed by atoms with van der Waals surface area (Å²) in [4.78, 5) is 0. The normalized spacial score (nSPS) is 11.2. The standard InChI is InChI=1S/C13H17BrN2/c1-9-11-8-10(14)5-6-13(11)16(2)12(9)4-3-7-15/h5-6,8H,3-4,7,15H2,1-2H3. The van der Waals surface area contributed by atoms with Gasteiger partial charge >= 0.3 is 0 Å². The number of hydrogen-bond acceptors (Lipinski definition) is 1. The van der Waals surface area contributed by atoms with E-state index in [4.69, 9.17) is 5.73 Å². The Morgan fingerprint density at radius 2 is 2.12 bits per heavy atom. The van der Waals surface area contributed by atoms with E-state index >= 15 is 0 Å². The van der Waals surface area contributed by atoms with E-state index in [0.717, 1.165) is 23.9 Å². The first-order chi connectivity index (χ1) is 7.65. The van der Waals surface area contributed by atoms with Crippen molar-refractivity contribution in [2.45, 2.75) is 19.8 Å². The van der Waals surface area contributed by atoms with E-state index in [2.05, 4.69) is 52.7 Å². The van der Waals surface area contributed by atoms with Crippen LogP contribution in [0.1, 0.15) is 17.7 Å². The van der Waals surface area contributed by atoms with Gasteiger partial charge in [0.15, 0.2) is 0 Å². The lowest BCUT2D eigenvalue weighted by Crippen LogP contribution is -2.04. The zero-order valence-corrected chi connectivity index (χ0v) is 11.3. The van der Waals surface area contributed by atoms with Crippen molar-refractivity contribution in [1.29, 1.82) is 0 Å². The summed E-state index contributed by atoms with van der Waals surface area (Å²) in [5.41, 5.74) is 9.66. The van der Waals surface area contributed by atoms with Crippen molar-refractivity contribution in [2.24, 2.45) is 12.8 Å². The second-order valence-electron chi connectivity index (χ2n) is 4.18. The van der Waals surface area contributed by atoms with Gasteiger partial charge in [0.2, 0.25) is 0 Å². The number of hydrogen-bond donors (Lipinski definition) is 1. The summed E-state index contributed by atoms with van der Waals surface area (Å²) in [6, 6.07) is 6.45. The molecule has 0 aliphatic heterocycles. The second kappa shape index (κ2) is 4.60. The van der Waals surface area contributed by atoms with Gasteiger partial charge in [-0.25, -0.2) is 0 Å². The van der Waals surface area contributed by atoms with Gasteiger partial charge in [-0.15, -0.1) is 0 Å². The van der Waals surface area contributed by atoms with Crippen LogP contribution in [0.3, 0.4) is 0 Å². The van der Waals surface area contributed by atoms with Crippen LogP contribution in [0.5, 0.6) is 0 Å². The first-order valence-electron chi connectivity index (χ1n) is 5.58. The molecule has 86 valence electrons. The predicted molar refractivity (Wildman–Crippen MR) is 72.7 cm³/mol. The molecule has 0 amide bonds. The molecule has 2 aromatic rings. The molecule has 1 aromatic carbocycles. The maximum atomic E-state index is 5.58. The molecular weight excluding hydrogens is 264 g/mol. The highest BCUT2D eigenvalue weighted by atomic mass is 79.9. The summed E-state index contributed by atoms with van der Waals surface area (Å²) in [5.74, 6) is 0. The second-order valence-corrected chi connectivity index (χ2v) is 5.10. The number of fused-ring (bicyclic) bond motifs is 1. The number of rotatable bonds is 3. The van der Waals surface area contributed by atoms with E-state index in [1.54, 1.807) is 0 Å². The number of aryl methyl sites for hydroxylation is 2. The minimum absolute atomic E-state index is 0.755. The average molecular weight is 281 g/mol. The smallest absolute Gasteiger partial charge is 0.0483 e. The summed E-state index contributed by atoms with van der Waals surface area (Å²) in [7, 11) is 2.13. The lowest BCUT2D eigenvalue weighted by atomic mass is 10.1. The maximum Gasteiger partial charge on any atom is 0.0483 e. The van der Waals surface area contributed by atoms with Crippen LogP contribution in [-0.2, 0) is 13.5 Å². The number of aromatic nitrogens is 1. The van der Waals surface area contributed by atoms with E-state index in [-0.39, 0.29) is 0 Å². The third-order valence-corrected chi connectivity index (χ3v) is 3.67. The Bertz CT molecular complexity index is 514. The van der Waals surface area contributed by atoms with Crippen molar-refractivity contribution in [2.75, 3.05) is 6.54 Å². The third kappa shape index (κ3) is 1.89. The van der Waals surface area contributed by atoms with Gasteiger partial charge in [0, 0.05) is 28.1 Å². The summed E-state index contributed by atoms with van der Waals surface area (Å²) in [6.07, 6.45) is 2.11. The summed E-state index contributed by atoms with van der Waals surface area (Å²) >= 11 is 3.52. The van der Waals surface area contributed by atoms with E-state index in [9.17, 15) is 0 Å². The lowest BCUT2D eigenvalue weighted by Gasteiger charge is -2.04. The summed E-state index contributed by atoms with van der Waals surface area (Å²) in [5, 5.41) is 1.34. The predicted octanol–water partition coefficient (Wildman–Crippen LogP) is 3.14. The van der Waals surface area contributed by atoms with Crippen molar-refractivity contribution in [3.05, 3.63) is 33.9 Å². The maximum absolute atomic E-state index is 5.58. The molecule has 0 aliphatic rings. The van der Waals surface area contributed by atoms with Crippen LogP contribution in [0.4, 0.5) is 0 Å². The number of nitrogens with zero attached hydrogens (tertiary/aromatic N) is 1. The van der Waals surface area contributed by atoms with Crippen molar-refractivity contribution < 1.29 is 0 Å². The van der Waals surface area contributed by atoms with Gasteiger partial charge < -0.3 is 10.3 Å². The molecule has 1 heterocycles. The van der Waals surface area contributed by atoms with Crippen LogP contribution in [0, 0.1) is 6.92 Å². The summed E-state index contributed by atoms with van der Waals surface area (Å²) in [6.45, 7) is 2.95. The fraction of sp³-hybridized carbons (Fsp3) is 0.385. The van der Waals surface area contributed by atoms with Crippen LogP contribution in [0.2, 0.25) is 0 Å². The van der Waals surface area contributed by atoms with Gasteiger partial charge in [0.05, 0.1) is 0 Å². The molecular formula is C13H17BrN2. The minimum atomic E-state index is 0.755. The van der Waals surface area contributed by atoms with E-state index in [0.29, 0.717) is 0 Å². The van der Waals surface area contributed by atoms with Crippen LogP contribution in [-0.4, -0.2) is 11.1 Å². The number of halogens is 1. The minimum Gasteiger partial charge on any atom is -0.347 e. The highest BCUT2D eigenvalue weighted by Crippen LogP contribution is 2.28. The first kappa shape index (κ1) is 11.7. The topological polar surface area (TPSA) is 30.9 Å². The molecule has 0 bridgehead atoms. The Hall–Kier alpha value is -0.800. The molecule has 0 fully saturated rings. The molecule has 0 saturated heterocycles. The van der Waals surface area contributed by atoms with Gasteiger partial charge in [-0.3, -0.25) is 0 Å². The Balaban J connectivity index is 2.57. The molecule has 0 unspecified atom stereocenters. The molecule has 2 rings (SSSR count). The fourth-order valence-corrected chi connectivity index (χ4v) is 2.64. The molecule has 0 saturated carbocycles. The molecule has 16 heavy (non-hydrogen) atoms. The van der Waals surface area contributed by atoms with Crippen LogP contribution < -0.4 is 5.73 Å². The monoisotopic (exact) mass is 280 g/mol. The number of benzene rings is 1. The molecule has 0 atom stereocenters. The van der Waals surface area contributed by atoms with Crippen molar-refractivity contribution >= 4 is 26.8 Å². The van der Waals surface area contributed by atoms with Gasteiger partial charge in [-0.1, -0.05) is 15.9 Å². The Morgan fingerprint density at radius 1 is 1.38 bits per heavy atom. The Labute approximate surface area is 105 Å². The quantitative estimate of drug-likeness (QED) is 0.920. The van der Waals surface area contributed by atoms with Gasteiger partial charge in [0.25, 0.3) is 0 Å². The Morgan fingerprint density at radius 3 is 2.81 bits per heavy atom. The van der Waals surface area contributed by atoms with Gasteiger partial charge in [0.1, 0.15) is 0 Å². The highest BCUT2D eigenvalue weighted by molar-refractivity contribution is 9.10. The van der Waals surface area contributed by atoms with Gasteiger partial charge in [-0.2, -0.15) is 0 Å². The van der Waals surface area contributed by atoms with Crippen LogP contribution in [0.25, 0.3) is 10.9 Å². The van der Waals surface area contributed by atoms with Crippen LogP contribution in [0.15, 0.2) is 22.7 Å². The van der Waals surface area contributed by atoms with Gasteiger partial charge in [-0.05, 0) is 50.1 Å². The fourth-order valence-electron chi connectivity index (χ4n) is 2.28. The average Bonchev–Trinajstić information content (AvgIpc) is 2.50. The van der Waals surface area contributed by atoms with Crippen molar-refractivity contribution in [3.8, 4) is 0 Å². The molecule has 0 aliphatic carbocycles. The lowest BCUT2D eigenvalue weighted by molar-refractivity contribution is 0.760. The summed E-state index contributed by atoms with van der Waals surface area (Å²) < 4.78 is 3.42. The largest absolute Gasteiger partial charge is 0.347 e. The molecule has 0 radical (unpaired) electrons. The molecule has 2 N–H and O–H groups in total. The van der Waals surface area contributed by atoms with E-state index in [1.807, 2.05) is 0 Å². The van der Waals surface area contributed by atoms with Crippen LogP contribution >= 0.6 is 15.9 Å². The SMILES string of the molecule is Cc1c(CCCN)n(C)c2ccc(Br)cc12. The zero-order valence-electron chi connectivity index (χ0n) is 9.76. The molecule has 3 heteroatoms. The third-order valence-electron chi connectivity index (χ3n) is 3.18.